The summed E-state index contributed by atoms with van der Waals surface area (Å²) in [6.45, 7) is 1.67. The molecule has 0 bridgehead atoms. The highest BCUT2D eigenvalue weighted by Gasteiger charge is 2.16. The number of aromatic nitrogens is 1. The van der Waals surface area contributed by atoms with Gasteiger partial charge < -0.3 is 20.4 Å². The van der Waals surface area contributed by atoms with E-state index in [1.807, 2.05) is 0 Å². The molecule has 0 aromatic heterocycles. The Morgan fingerprint density at radius 3 is 2.46 bits per heavy atom. The molecular formula is C17H13NO5S. The van der Waals surface area contributed by atoms with Crippen molar-refractivity contribution in [2.45, 2.75) is 6.92 Å². The maximum absolute atomic E-state index is 11.6. The number of aryl methyl sites for hydroxylation is 1. The molecule has 24 heavy (non-hydrogen) atoms. The molecule has 2 aliphatic rings. The lowest BCUT2D eigenvalue weighted by Gasteiger charge is -2.07. The van der Waals surface area contributed by atoms with Gasteiger partial charge in [0.2, 0.25) is 0 Å². The molecule has 3 rings (SSSR count). The summed E-state index contributed by atoms with van der Waals surface area (Å²) in [4.78, 5) is 16.1. The smallest absolute Gasteiger partial charge is 0.263 e. The standard InChI is InChI=1S/C17H13NO5S/c1-8-4-9(5-11(19)14(8)21)2-3-13-18-7-10-6-12(20)15(22)16(23)17(10)24-13/h2-7,19-21,23H,1H3/b3-2+. The van der Waals surface area contributed by atoms with Gasteiger partial charge in [0.1, 0.15) is 5.01 Å². The second-order valence-corrected chi connectivity index (χ2v) is 6.26. The Balaban J connectivity index is 2.02. The van der Waals surface area contributed by atoms with E-state index in [9.17, 15) is 25.2 Å². The van der Waals surface area contributed by atoms with Crippen LogP contribution in [0.4, 0.5) is 0 Å². The number of benzene rings is 2. The van der Waals surface area contributed by atoms with Gasteiger partial charge >= 0.3 is 0 Å². The van der Waals surface area contributed by atoms with E-state index in [-0.39, 0.29) is 11.5 Å². The third-order valence-corrected chi connectivity index (χ3v) is 4.56. The van der Waals surface area contributed by atoms with Gasteiger partial charge in [-0.1, -0.05) is 6.08 Å². The molecule has 1 aliphatic carbocycles. The van der Waals surface area contributed by atoms with Crippen LogP contribution in [-0.2, 0) is 0 Å². The van der Waals surface area contributed by atoms with Gasteiger partial charge in [0.05, 0.1) is 4.88 Å². The number of fused-ring (bicyclic) bond motifs is 1. The van der Waals surface area contributed by atoms with Crippen molar-refractivity contribution in [2.75, 3.05) is 0 Å². The fraction of sp³-hybridized carbons (Fsp3) is 0.0588. The minimum absolute atomic E-state index is 0.161. The van der Waals surface area contributed by atoms with E-state index in [2.05, 4.69) is 4.98 Å². The molecule has 0 fully saturated rings. The fourth-order valence-electron chi connectivity index (χ4n) is 2.24. The summed E-state index contributed by atoms with van der Waals surface area (Å²) >= 11 is 1.10. The van der Waals surface area contributed by atoms with Crippen LogP contribution in [0.2, 0.25) is 0 Å². The Morgan fingerprint density at radius 1 is 1.00 bits per heavy atom. The topological polar surface area (TPSA) is 111 Å². The van der Waals surface area contributed by atoms with Crippen LogP contribution in [0.1, 0.15) is 16.1 Å². The zero-order chi connectivity index (χ0) is 17.4. The van der Waals surface area contributed by atoms with Crippen molar-refractivity contribution < 1.29 is 20.4 Å². The average Bonchev–Trinajstić information content (AvgIpc) is 2.56. The monoisotopic (exact) mass is 343 g/mol. The Kier molecular flexibility index (Phi) is 3.86. The van der Waals surface area contributed by atoms with Crippen LogP contribution in [0.5, 0.6) is 23.0 Å². The summed E-state index contributed by atoms with van der Waals surface area (Å²) in [5.41, 5.74) is 0.842. The average molecular weight is 343 g/mol. The largest absolute Gasteiger partial charge is 0.504 e. The van der Waals surface area contributed by atoms with Crippen molar-refractivity contribution in [3.63, 3.8) is 0 Å². The van der Waals surface area contributed by atoms with Crippen LogP contribution in [0.25, 0.3) is 22.6 Å². The van der Waals surface area contributed by atoms with Crippen molar-refractivity contribution in [1.82, 2.24) is 4.98 Å². The molecule has 0 amide bonds. The summed E-state index contributed by atoms with van der Waals surface area (Å²) in [5, 5.41) is 39.0. The van der Waals surface area contributed by atoms with E-state index in [0.717, 1.165) is 11.3 Å². The fourth-order valence-corrected chi connectivity index (χ4v) is 3.11. The molecule has 7 heteroatoms. The summed E-state index contributed by atoms with van der Waals surface area (Å²) in [6.07, 6.45) is 4.79. The summed E-state index contributed by atoms with van der Waals surface area (Å²) in [5.74, 6) is -1.40. The molecule has 0 saturated carbocycles. The molecule has 1 aromatic carbocycles. The van der Waals surface area contributed by atoms with Crippen molar-refractivity contribution in [3.05, 3.63) is 50.8 Å². The Hall–Kier alpha value is -3.06. The van der Waals surface area contributed by atoms with E-state index < -0.39 is 16.9 Å². The minimum atomic E-state index is -0.820. The Labute approximate surface area is 140 Å². The highest BCUT2D eigenvalue weighted by Crippen LogP contribution is 2.36. The molecule has 0 spiro atoms. The first-order valence-corrected chi connectivity index (χ1v) is 7.74. The molecule has 0 unspecified atom stereocenters. The number of aromatic hydroxyl groups is 4. The predicted molar refractivity (Wildman–Crippen MR) is 91.8 cm³/mol. The summed E-state index contributed by atoms with van der Waals surface area (Å²) in [6, 6.07) is 4.37. The first kappa shape index (κ1) is 15.8. The van der Waals surface area contributed by atoms with Gasteiger partial charge in [-0.05, 0) is 42.3 Å². The molecule has 122 valence electrons. The second kappa shape index (κ2) is 5.86. The molecule has 1 aliphatic heterocycles. The molecule has 0 atom stereocenters. The molecule has 1 heterocycles. The summed E-state index contributed by atoms with van der Waals surface area (Å²) < 4.78 is 0. The quantitative estimate of drug-likeness (QED) is 0.533. The highest BCUT2D eigenvalue weighted by molar-refractivity contribution is 7.16. The molecule has 4 N–H and O–H groups in total. The Bertz CT molecular complexity index is 970. The van der Waals surface area contributed by atoms with E-state index in [4.69, 9.17) is 0 Å². The minimum Gasteiger partial charge on any atom is -0.504 e. The van der Waals surface area contributed by atoms with Crippen molar-refractivity contribution >= 4 is 23.5 Å². The van der Waals surface area contributed by atoms with Gasteiger partial charge in [-0.25, -0.2) is 4.98 Å². The number of rotatable bonds is 2. The molecule has 1 aromatic rings. The van der Waals surface area contributed by atoms with Crippen LogP contribution in [0, 0.1) is 6.92 Å². The van der Waals surface area contributed by atoms with Crippen LogP contribution in [-0.4, -0.2) is 25.4 Å². The lowest BCUT2D eigenvalue weighted by Crippen LogP contribution is -2.01. The number of hydrogen-bond acceptors (Lipinski definition) is 7. The maximum Gasteiger partial charge on any atom is 0.263 e. The number of nitrogens with zero attached hydrogens (tertiary/aromatic N) is 1. The first-order valence-electron chi connectivity index (χ1n) is 6.92. The van der Waals surface area contributed by atoms with Gasteiger partial charge in [-0.2, -0.15) is 0 Å². The van der Waals surface area contributed by atoms with Crippen LogP contribution < -0.4 is 5.43 Å². The first-order chi connectivity index (χ1) is 11.4. The van der Waals surface area contributed by atoms with Gasteiger partial charge in [-0.15, -0.1) is 11.3 Å². The molecule has 0 saturated heterocycles. The predicted octanol–water partition coefficient (Wildman–Crippen LogP) is 2.91. The summed E-state index contributed by atoms with van der Waals surface area (Å²) in [7, 11) is 0. The van der Waals surface area contributed by atoms with Gasteiger partial charge in [0.25, 0.3) is 5.43 Å². The molecule has 6 nitrogen and oxygen atoms in total. The lowest BCUT2D eigenvalue weighted by atomic mass is 10.1. The molecule has 0 radical (unpaired) electrons. The SMILES string of the molecule is Cc1cc(/C=C/c2ncc3cc(O)c(=O)c(O)c-3s2)cc(O)c1O. The van der Waals surface area contributed by atoms with E-state index in [1.54, 1.807) is 25.1 Å². The number of hydrogen-bond donors (Lipinski definition) is 4. The van der Waals surface area contributed by atoms with Gasteiger partial charge in [0.15, 0.2) is 23.0 Å². The third-order valence-electron chi connectivity index (χ3n) is 3.48. The van der Waals surface area contributed by atoms with Gasteiger partial charge in [-0.3, -0.25) is 4.79 Å². The highest BCUT2D eigenvalue weighted by atomic mass is 32.1. The van der Waals surface area contributed by atoms with Crippen LogP contribution >= 0.6 is 11.3 Å². The zero-order valence-electron chi connectivity index (χ0n) is 12.5. The maximum atomic E-state index is 11.6. The van der Waals surface area contributed by atoms with Crippen LogP contribution in [0.3, 0.4) is 0 Å². The van der Waals surface area contributed by atoms with E-state index >= 15 is 0 Å². The normalized spacial score (nSPS) is 11.4. The number of phenolic OH excluding ortho intramolecular Hbond substituents is 4. The Morgan fingerprint density at radius 2 is 1.75 bits per heavy atom. The van der Waals surface area contributed by atoms with Crippen molar-refractivity contribution in [3.8, 4) is 33.4 Å². The number of phenols is 4. The van der Waals surface area contributed by atoms with Gasteiger partial charge in [0, 0.05) is 11.8 Å². The third kappa shape index (κ3) is 2.77. The van der Waals surface area contributed by atoms with Crippen LogP contribution in [0.15, 0.2) is 29.2 Å². The van der Waals surface area contributed by atoms with E-state index in [1.165, 1.54) is 18.3 Å². The zero-order valence-corrected chi connectivity index (χ0v) is 13.3. The van der Waals surface area contributed by atoms with E-state index in [0.29, 0.717) is 26.6 Å². The second-order valence-electron chi connectivity index (χ2n) is 5.23. The van der Waals surface area contributed by atoms with Crippen molar-refractivity contribution in [2.24, 2.45) is 0 Å². The molecular weight excluding hydrogens is 330 g/mol. The lowest BCUT2D eigenvalue weighted by molar-refractivity contribution is 0.401. The van der Waals surface area contributed by atoms with Crippen molar-refractivity contribution in [1.29, 1.82) is 0 Å².